The maximum Gasteiger partial charge on any atom is 0.412 e. The number of ether oxygens (including phenoxy) is 2. The minimum Gasteiger partial charge on any atom is -0.490 e. The van der Waals surface area contributed by atoms with Crippen molar-refractivity contribution < 1.29 is 18.7 Å². The van der Waals surface area contributed by atoms with Crippen LogP contribution < -0.4 is 10.1 Å². The Morgan fingerprint density at radius 2 is 2.04 bits per heavy atom. The Hall–Kier alpha value is -2.21. The molecule has 0 atom stereocenters. The first kappa shape index (κ1) is 18.6. The second-order valence-corrected chi connectivity index (χ2v) is 7.69. The third-order valence-electron chi connectivity index (χ3n) is 4.24. The minimum atomic E-state index is -0.543. The molecule has 1 aliphatic heterocycles. The van der Waals surface area contributed by atoms with Crippen LogP contribution in [0.5, 0.6) is 5.75 Å². The maximum atomic E-state index is 12.0. The zero-order valence-corrected chi connectivity index (χ0v) is 15.8. The zero-order valence-electron chi connectivity index (χ0n) is 15.8. The van der Waals surface area contributed by atoms with Gasteiger partial charge in [0.1, 0.15) is 5.60 Å². The Bertz CT molecular complexity index is 742. The summed E-state index contributed by atoms with van der Waals surface area (Å²) in [5.41, 5.74) is 0.780. The Morgan fingerprint density at radius 1 is 1.27 bits per heavy atom. The maximum absolute atomic E-state index is 12.0. The number of anilines is 1. The third-order valence-corrected chi connectivity index (χ3v) is 4.24. The van der Waals surface area contributed by atoms with E-state index in [1.807, 2.05) is 32.9 Å². The van der Waals surface area contributed by atoms with Crippen LogP contribution in [-0.4, -0.2) is 42.8 Å². The summed E-state index contributed by atoms with van der Waals surface area (Å²) in [5.74, 6) is 0.639. The molecule has 0 saturated carbocycles. The van der Waals surface area contributed by atoms with Crippen molar-refractivity contribution in [3.05, 3.63) is 24.5 Å². The summed E-state index contributed by atoms with van der Waals surface area (Å²) < 4.78 is 16.8. The number of rotatable bonds is 6. The van der Waals surface area contributed by atoms with Crippen molar-refractivity contribution in [2.75, 3.05) is 31.6 Å². The SMILES string of the molecule is CC(C)(C)OC(=O)Nc1cc(OCCCN2CCCC2)c2occc2c1. The summed E-state index contributed by atoms with van der Waals surface area (Å²) in [6.07, 6.45) is 4.70. The van der Waals surface area contributed by atoms with Crippen molar-refractivity contribution in [3.8, 4) is 5.75 Å². The van der Waals surface area contributed by atoms with Crippen LogP contribution in [0, 0.1) is 0 Å². The molecule has 1 fully saturated rings. The topological polar surface area (TPSA) is 63.9 Å². The highest BCUT2D eigenvalue weighted by molar-refractivity contribution is 5.92. The Morgan fingerprint density at radius 3 is 2.77 bits per heavy atom. The monoisotopic (exact) mass is 360 g/mol. The quantitative estimate of drug-likeness (QED) is 0.760. The van der Waals surface area contributed by atoms with Crippen LogP contribution in [0.15, 0.2) is 28.9 Å². The highest BCUT2D eigenvalue weighted by Crippen LogP contribution is 2.31. The number of benzene rings is 1. The van der Waals surface area contributed by atoms with E-state index in [1.165, 1.54) is 25.9 Å². The molecule has 3 rings (SSSR count). The van der Waals surface area contributed by atoms with E-state index in [4.69, 9.17) is 13.9 Å². The molecular formula is C20H28N2O4. The average molecular weight is 360 g/mol. The van der Waals surface area contributed by atoms with Gasteiger partial charge in [-0.15, -0.1) is 0 Å². The van der Waals surface area contributed by atoms with Crippen molar-refractivity contribution in [1.82, 2.24) is 4.90 Å². The van der Waals surface area contributed by atoms with Gasteiger partial charge in [0.2, 0.25) is 0 Å². The van der Waals surface area contributed by atoms with Gasteiger partial charge in [-0.05, 0) is 65.3 Å². The summed E-state index contributed by atoms with van der Waals surface area (Å²) in [5, 5.41) is 3.65. The summed E-state index contributed by atoms with van der Waals surface area (Å²) in [4.78, 5) is 14.5. The Balaban J connectivity index is 1.62. The van der Waals surface area contributed by atoms with E-state index < -0.39 is 11.7 Å². The average Bonchev–Trinajstić information content (AvgIpc) is 3.20. The van der Waals surface area contributed by atoms with E-state index in [0.717, 1.165) is 18.4 Å². The van der Waals surface area contributed by atoms with Gasteiger partial charge in [0, 0.05) is 23.7 Å². The van der Waals surface area contributed by atoms with E-state index in [9.17, 15) is 4.79 Å². The smallest absolute Gasteiger partial charge is 0.412 e. The van der Waals surface area contributed by atoms with Crippen LogP contribution in [0.2, 0.25) is 0 Å². The van der Waals surface area contributed by atoms with Crippen LogP contribution in [0.25, 0.3) is 11.0 Å². The molecule has 0 radical (unpaired) electrons. The standard InChI is InChI=1S/C20H28N2O4/c1-20(2,3)26-19(23)21-16-13-15-7-12-25-18(15)17(14-16)24-11-6-10-22-8-4-5-9-22/h7,12-14H,4-6,8-11H2,1-3H3,(H,21,23). The van der Waals surface area contributed by atoms with E-state index in [2.05, 4.69) is 10.2 Å². The molecule has 26 heavy (non-hydrogen) atoms. The molecule has 1 amide bonds. The van der Waals surface area contributed by atoms with E-state index in [-0.39, 0.29) is 0 Å². The van der Waals surface area contributed by atoms with Gasteiger partial charge < -0.3 is 18.8 Å². The van der Waals surface area contributed by atoms with Gasteiger partial charge in [-0.2, -0.15) is 0 Å². The molecule has 1 aromatic carbocycles. The van der Waals surface area contributed by atoms with Gasteiger partial charge in [-0.1, -0.05) is 0 Å². The normalized spacial score (nSPS) is 15.3. The van der Waals surface area contributed by atoms with E-state index >= 15 is 0 Å². The van der Waals surface area contributed by atoms with Gasteiger partial charge in [-0.3, -0.25) is 5.32 Å². The fourth-order valence-electron chi connectivity index (χ4n) is 3.13. The fraction of sp³-hybridized carbons (Fsp3) is 0.550. The Kier molecular flexibility index (Phi) is 5.71. The first-order valence-electron chi connectivity index (χ1n) is 9.27. The number of nitrogens with zero attached hydrogens (tertiary/aromatic N) is 1. The molecular weight excluding hydrogens is 332 g/mol. The second kappa shape index (κ2) is 7.99. The molecule has 1 aromatic heterocycles. The zero-order chi connectivity index (χ0) is 18.6. The van der Waals surface area contributed by atoms with Crippen LogP contribution >= 0.6 is 0 Å². The summed E-state index contributed by atoms with van der Waals surface area (Å²) in [6.45, 7) is 9.55. The number of furan rings is 1. The minimum absolute atomic E-state index is 0.486. The van der Waals surface area contributed by atoms with Crippen LogP contribution in [0.1, 0.15) is 40.0 Å². The number of amides is 1. The first-order chi connectivity index (χ1) is 12.4. The van der Waals surface area contributed by atoms with Gasteiger partial charge in [0.05, 0.1) is 12.9 Å². The van der Waals surface area contributed by atoms with E-state index in [0.29, 0.717) is 23.6 Å². The van der Waals surface area contributed by atoms with Gasteiger partial charge in [0.25, 0.3) is 0 Å². The second-order valence-electron chi connectivity index (χ2n) is 7.69. The van der Waals surface area contributed by atoms with Crippen LogP contribution in [-0.2, 0) is 4.74 Å². The highest BCUT2D eigenvalue weighted by Gasteiger charge is 2.17. The molecule has 2 heterocycles. The molecule has 0 unspecified atom stereocenters. The molecule has 1 N–H and O–H groups in total. The lowest BCUT2D eigenvalue weighted by Crippen LogP contribution is -2.27. The molecule has 0 bridgehead atoms. The van der Waals surface area contributed by atoms with Crippen molar-refractivity contribution in [1.29, 1.82) is 0 Å². The van der Waals surface area contributed by atoms with Gasteiger partial charge in [0.15, 0.2) is 11.3 Å². The highest BCUT2D eigenvalue weighted by atomic mass is 16.6. The predicted octanol–water partition coefficient (Wildman–Crippen LogP) is 4.64. The summed E-state index contributed by atoms with van der Waals surface area (Å²) in [6, 6.07) is 5.48. The first-order valence-corrected chi connectivity index (χ1v) is 9.27. The number of fused-ring (bicyclic) bond motifs is 1. The van der Waals surface area contributed by atoms with Crippen LogP contribution in [0.3, 0.4) is 0 Å². The molecule has 1 saturated heterocycles. The fourth-order valence-corrected chi connectivity index (χ4v) is 3.13. The third kappa shape index (κ3) is 5.14. The lowest BCUT2D eigenvalue weighted by atomic mass is 10.2. The predicted molar refractivity (Wildman–Crippen MR) is 102 cm³/mol. The summed E-state index contributed by atoms with van der Waals surface area (Å²) >= 11 is 0. The lowest BCUT2D eigenvalue weighted by Gasteiger charge is -2.20. The molecule has 6 heteroatoms. The van der Waals surface area contributed by atoms with Crippen molar-refractivity contribution >= 4 is 22.7 Å². The van der Waals surface area contributed by atoms with Crippen molar-refractivity contribution in [2.45, 2.75) is 45.6 Å². The number of nitrogens with one attached hydrogen (secondary N) is 1. The Labute approximate surface area is 154 Å². The number of hydrogen-bond donors (Lipinski definition) is 1. The molecule has 1 aliphatic rings. The number of hydrogen-bond acceptors (Lipinski definition) is 5. The van der Waals surface area contributed by atoms with Gasteiger partial charge >= 0.3 is 6.09 Å². The van der Waals surface area contributed by atoms with Crippen molar-refractivity contribution in [2.24, 2.45) is 0 Å². The lowest BCUT2D eigenvalue weighted by molar-refractivity contribution is 0.0636. The summed E-state index contributed by atoms with van der Waals surface area (Å²) in [7, 11) is 0. The number of likely N-dealkylation sites (tertiary alicyclic amines) is 1. The number of carbonyl (C=O) groups excluding carboxylic acids is 1. The molecule has 2 aromatic rings. The largest absolute Gasteiger partial charge is 0.490 e. The van der Waals surface area contributed by atoms with E-state index in [1.54, 1.807) is 12.3 Å². The molecule has 0 spiro atoms. The molecule has 6 nitrogen and oxygen atoms in total. The van der Waals surface area contributed by atoms with Crippen molar-refractivity contribution in [3.63, 3.8) is 0 Å². The van der Waals surface area contributed by atoms with Crippen LogP contribution in [0.4, 0.5) is 10.5 Å². The number of carbonyl (C=O) groups is 1. The van der Waals surface area contributed by atoms with Gasteiger partial charge in [-0.25, -0.2) is 4.79 Å². The molecule has 142 valence electrons. The molecule has 0 aliphatic carbocycles.